The van der Waals surface area contributed by atoms with E-state index in [4.69, 9.17) is 10.5 Å². The number of aliphatic hydroxyl groups excluding tert-OH is 3. The first kappa shape index (κ1) is 34.3. The zero-order valence-corrected chi connectivity index (χ0v) is 27.0. The van der Waals surface area contributed by atoms with Gasteiger partial charge in [-0.3, -0.25) is 9.59 Å². The number of phenols is 1. The highest BCUT2D eigenvalue weighted by Gasteiger charge is 2.43. The molecule has 0 radical (unpaired) electrons. The number of aromatic hydroxyl groups is 1. The van der Waals surface area contributed by atoms with E-state index >= 15 is 0 Å². The number of nitrogen functional groups attached to an aromatic ring is 1. The van der Waals surface area contributed by atoms with Crippen molar-refractivity contribution in [3.63, 3.8) is 0 Å². The molecule has 10 heteroatoms. The van der Waals surface area contributed by atoms with Crippen LogP contribution in [0, 0.1) is 10.8 Å². The average Bonchev–Trinajstić information content (AvgIpc) is 3.60. The third-order valence-corrected chi connectivity index (χ3v) is 10.3. The number of Topliss-reactive ketones (excluding diaryl/α,β-unsaturated/α-hetero) is 2. The Morgan fingerprint density at radius 1 is 1.09 bits per heavy atom. The summed E-state index contributed by atoms with van der Waals surface area (Å²) in [5.74, 6) is -1.26. The number of aryl methyl sites for hydroxylation is 1. The molecule has 0 saturated heterocycles. The molecule has 47 heavy (non-hydrogen) atoms. The van der Waals surface area contributed by atoms with Crippen LogP contribution in [0.4, 0.5) is 5.82 Å². The number of nitrogens with zero attached hydrogens (tertiary/aromatic N) is 2. The fourth-order valence-corrected chi connectivity index (χ4v) is 7.57. The first-order valence-electron chi connectivity index (χ1n) is 16.5. The van der Waals surface area contributed by atoms with E-state index in [-0.39, 0.29) is 49.4 Å². The van der Waals surface area contributed by atoms with Gasteiger partial charge >= 0.3 is 0 Å². The van der Waals surface area contributed by atoms with Crippen LogP contribution in [-0.4, -0.2) is 63.4 Å². The fourth-order valence-electron chi connectivity index (χ4n) is 7.57. The van der Waals surface area contributed by atoms with Gasteiger partial charge in [-0.1, -0.05) is 49.6 Å². The minimum absolute atomic E-state index is 0.0832. The Bertz CT molecular complexity index is 1580. The van der Waals surface area contributed by atoms with Gasteiger partial charge in [-0.15, -0.1) is 0 Å². The summed E-state index contributed by atoms with van der Waals surface area (Å²) in [7, 11) is 1.44. The number of aliphatic hydroxyl groups is 3. The molecule has 6 N–H and O–H groups in total. The summed E-state index contributed by atoms with van der Waals surface area (Å²) in [4.78, 5) is 34.5. The number of methoxy groups -OCH3 is 1. The summed E-state index contributed by atoms with van der Waals surface area (Å²) in [6, 6.07) is 8.96. The van der Waals surface area contributed by atoms with Crippen molar-refractivity contribution in [1.29, 1.82) is 0 Å². The van der Waals surface area contributed by atoms with Gasteiger partial charge in [-0.2, -0.15) is 11.9 Å². The Morgan fingerprint density at radius 3 is 2.53 bits per heavy atom. The Morgan fingerprint density at radius 2 is 1.85 bits per heavy atom. The molecule has 3 atom stereocenters. The number of pyridine rings is 1. The Balaban J connectivity index is 1.36. The van der Waals surface area contributed by atoms with E-state index < -0.39 is 29.0 Å². The van der Waals surface area contributed by atoms with Crippen LogP contribution >= 0.6 is 0 Å². The average molecular weight is 645 g/mol. The van der Waals surface area contributed by atoms with Crippen LogP contribution in [0.15, 0.2) is 48.8 Å². The molecule has 1 aromatic carbocycles. The van der Waals surface area contributed by atoms with Crippen molar-refractivity contribution in [2.45, 2.75) is 82.7 Å². The highest BCUT2D eigenvalue weighted by molar-refractivity contribution is 6.05. The van der Waals surface area contributed by atoms with E-state index in [1.807, 2.05) is 30.4 Å². The standard InChI is InChI=1S/C37H46N3O7/c1-47-31-20-24(9-10-30(44)34(46)29(43)8-5-15-36(22-41)13-3-2-4-14-36)19-28(33(31)45)32-26-12-18-40-35(38)27(26)11-16-37(32,23-42)21-25-7-6-17-39-25/h6-7,11-12,16-20,32,34,41-42,45-46H,2-5,8-10,13-15,21-23H2,1H3,(H2,38,40)/q-1/t32-,34+,37-/m0/s1. The minimum atomic E-state index is -1.71. The smallest absolute Gasteiger partial charge is 0.170 e. The van der Waals surface area contributed by atoms with E-state index in [1.54, 1.807) is 24.5 Å². The van der Waals surface area contributed by atoms with Gasteiger partial charge in [0.15, 0.2) is 29.2 Å². The largest absolute Gasteiger partial charge is 0.668 e. The Hall–Kier alpha value is -3.99. The summed E-state index contributed by atoms with van der Waals surface area (Å²) in [5, 5.41) is 43.0. The minimum Gasteiger partial charge on any atom is -0.668 e. The molecule has 5 rings (SSSR count). The fraction of sp³-hybridized carbons (Fsp3) is 0.486. The summed E-state index contributed by atoms with van der Waals surface area (Å²) in [6.45, 7) is -0.168. The molecule has 0 amide bonds. The maximum Gasteiger partial charge on any atom is 0.170 e. The number of ketones is 2. The number of hydrogen-bond donors (Lipinski definition) is 5. The van der Waals surface area contributed by atoms with Crippen LogP contribution in [0.1, 0.15) is 91.7 Å². The van der Waals surface area contributed by atoms with Crippen LogP contribution in [0.3, 0.4) is 0 Å². The van der Waals surface area contributed by atoms with Gasteiger partial charge in [-0.05, 0) is 67.2 Å². The van der Waals surface area contributed by atoms with E-state index in [2.05, 4.69) is 9.97 Å². The predicted molar refractivity (Wildman–Crippen MR) is 178 cm³/mol. The molecular weight excluding hydrogens is 598 g/mol. The lowest BCUT2D eigenvalue weighted by atomic mass is 9.63. The molecule has 2 aromatic heterocycles. The van der Waals surface area contributed by atoms with Crippen molar-refractivity contribution in [2.75, 3.05) is 26.1 Å². The molecule has 1 fully saturated rings. The maximum absolute atomic E-state index is 13.0. The van der Waals surface area contributed by atoms with Gasteiger partial charge in [0, 0.05) is 48.1 Å². The number of aromatic nitrogens is 2. The highest BCUT2D eigenvalue weighted by Crippen LogP contribution is 2.53. The van der Waals surface area contributed by atoms with Gasteiger partial charge in [0.25, 0.3) is 0 Å². The van der Waals surface area contributed by atoms with Crippen LogP contribution in [-0.2, 0) is 22.4 Å². The monoisotopic (exact) mass is 644 g/mol. The molecule has 1 saturated carbocycles. The van der Waals surface area contributed by atoms with Gasteiger partial charge in [0.2, 0.25) is 0 Å². The first-order chi connectivity index (χ1) is 22.7. The quantitative estimate of drug-likeness (QED) is 0.150. The van der Waals surface area contributed by atoms with Crippen molar-refractivity contribution < 1.29 is 34.8 Å². The van der Waals surface area contributed by atoms with Crippen molar-refractivity contribution in [3.05, 3.63) is 76.7 Å². The van der Waals surface area contributed by atoms with Crippen LogP contribution in [0.2, 0.25) is 0 Å². The summed E-state index contributed by atoms with van der Waals surface area (Å²) < 4.78 is 5.55. The van der Waals surface area contributed by atoms with Gasteiger partial charge in [-0.25, -0.2) is 4.98 Å². The molecule has 0 aliphatic heterocycles. The summed E-state index contributed by atoms with van der Waals surface area (Å²) in [5.41, 5.74) is 8.55. The van der Waals surface area contributed by atoms with Crippen LogP contribution in [0.5, 0.6) is 11.5 Å². The third-order valence-electron chi connectivity index (χ3n) is 10.3. The zero-order chi connectivity index (χ0) is 33.6. The Kier molecular flexibility index (Phi) is 10.8. The predicted octanol–water partition coefficient (Wildman–Crippen LogP) is 4.26. The van der Waals surface area contributed by atoms with E-state index in [1.165, 1.54) is 7.11 Å². The molecule has 252 valence electrons. The first-order valence-corrected chi connectivity index (χ1v) is 16.5. The molecule has 10 nitrogen and oxygen atoms in total. The van der Waals surface area contributed by atoms with Crippen LogP contribution < -0.4 is 15.5 Å². The summed E-state index contributed by atoms with van der Waals surface area (Å²) >= 11 is 0. The molecule has 0 bridgehead atoms. The number of carbonyl (C=O) groups is 2. The van der Waals surface area contributed by atoms with Gasteiger partial charge in [0.1, 0.15) is 5.82 Å². The maximum atomic E-state index is 13.0. The lowest BCUT2D eigenvalue weighted by Gasteiger charge is -2.42. The molecule has 2 aliphatic rings. The normalized spacial score (nSPS) is 20.8. The van der Waals surface area contributed by atoms with E-state index in [0.29, 0.717) is 41.8 Å². The Labute approximate surface area is 275 Å². The molecule has 3 aromatic rings. The second-order valence-corrected chi connectivity index (χ2v) is 13.3. The molecule has 0 unspecified atom stereocenters. The zero-order valence-electron chi connectivity index (χ0n) is 27.0. The van der Waals surface area contributed by atoms with Crippen molar-refractivity contribution in [2.24, 2.45) is 10.8 Å². The number of carbonyl (C=O) groups excluding carboxylic acids is 2. The number of nitrogens with two attached hydrogens (primary N) is 1. The lowest BCUT2D eigenvalue weighted by molar-refractivity contribution is -0.138. The number of anilines is 1. The van der Waals surface area contributed by atoms with Crippen molar-refractivity contribution >= 4 is 23.5 Å². The SMILES string of the molecule is COc1cc(CCC(=O)[C@H](O)C(=O)CCCC2(CO)CCCCC2)cc([C@@H]2c3ccnc(N)c3C=C[C@@]2(CO)Cc2ccc[n-]2)c1O. The van der Waals surface area contributed by atoms with Gasteiger partial charge < -0.3 is 35.9 Å². The lowest BCUT2D eigenvalue weighted by Crippen LogP contribution is -2.37. The summed E-state index contributed by atoms with van der Waals surface area (Å²) in [6.07, 6.45) is 12.3. The number of benzene rings is 1. The number of hydrogen-bond acceptors (Lipinski definition) is 9. The molecule has 0 spiro atoms. The van der Waals surface area contributed by atoms with Crippen molar-refractivity contribution in [3.8, 4) is 11.5 Å². The van der Waals surface area contributed by atoms with Gasteiger partial charge in [0.05, 0.1) is 13.7 Å². The second kappa shape index (κ2) is 14.8. The van der Waals surface area contributed by atoms with Crippen LogP contribution in [0.25, 0.3) is 6.08 Å². The van der Waals surface area contributed by atoms with E-state index in [0.717, 1.165) is 43.4 Å². The number of ether oxygens (including phenoxy) is 1. The number of rotatable bonds is 15. The third kappa shape index (κ3) is 7.30. The second-order valence-electron chi connectivity index (χ2n) is 13.3. The topological polar surface area (TPSA) is 177 Å². The number of fused-ring (bicyclic) bond motifs is 1. The molecular formula is C37H46N3O7-. The highest BCUT2D eigenvalue weighted by atomic mass is 16.5. The number of phenolic OH excluding ortho intramolecular Hbond substituents is 1. The van der Waals surface area contributed by atoms with Crippen molar-refractivity contribution in [1.82, 2.24) is 9.97 Å². The molecule has 2 aliphatic carbocycles. The van der Waals surface area contributed by atoms with E-state index in [9.17, 15) is 30.0 Å². The molecule has 2 heterocycles.